The van der Waals surface area contributed by atoms with Crippen LogP contribution in [0.5, 0.6) is 0 Å². The topological polar surface area (TPSA) is 20.2 Å². The number of hydrogen-bond acceptors (Lipinski definition) is 2. The number of aryl methyl sites for hydroxylation is 1. The molecule has 1 rings (SSSR count). The van der Waals surface area contributed by atoms with Gasteiger partial charge in [-0.1, -0.05) is 13.8 Å². The first-order valence-corrected chi connectivity index (χ1v) is 5.76. The SMILES string of the molecule is Cc1cscc1C(O)CCC(C)C. The molecule has 1 nitrogen and oxygen atoms in total. The van der Waals surface area contributed by atoms with Crippen molar-refractivity contribution in [2.24, 2.45) is 5.92 Å². The minimum atomic E-state index is -0.256. The van der Waals surface area contributed by atoms with Gasteiger partial charge in [0, 0.05) is 0 Å². The molecule has 0 radical (unpaired) electrons. The van der Waals surface area contributed by atoms with E-state index in [0.29, 0.717) is 5.92 Å². The van der Waals surface area contributed by atoms with Gasteiger partial charge < -0.3 is 5.11 Å². The molecule has 0 aromatic carbocycles. The molecule has 0 aliphatic rings. The maximum atomic E-state index is 9.85. The summed E-state index contributed by atoms with van der Waals surface area (Å²) in [5.74, 6) is 0.675. The lowest BCUT2D eigenvalue weighted by atomic mass is 10.00. The van der Waals surface area contributed by atoms with Gasteiger partial charge in [0.05, 0.1) is 6.10 Å². The predicted molar refractivity (Wildman–Crippen MR) is 58.1 cm³/mol. The first kappa shape index (κ1) is 10.7. The van der Waals surface area contributed by atoms with Gasteiger partial charge in [-0.15, -0.1) is 0 Å². The zero-order valence-corrected chi connectivity index (χ0v) is 9.40. The zero-order valence-electron chi connectivity index (χ0n) is 8.58. The maximum absolute atomic E-state index is 9.85. The molecule has 1 heterocycles. The van der Waals surface area contributed by atoms with E-state index in [4.69, 9.17) is 0 Å². The van der Waals surface area contributed by atoms with Crippen molar-refractivity contribution < 1.29 is 5.11 Å². The van der Waals surface area contributed by atoms with Crippen molar-refractivity contribution in [2.45, 2.75) is 39.7 Å². The van der Waals surface area contributed by atoms with Crippen molar-refractivity contribution in [1.29, 1.82) is 0 Å². The third-order valence-electron chi connectivity index (χ3n) is 2.27. The van der Waals surface area contributed by atoms with E-state index >= 15 is 0 Å². The average molecular weight is 198 g/mol. The zero-order chi connectivity index (χ0) is 9.84. The Kier molecular flexibility index (Phi) is 3.94. The molecule has 0 fully saturated rings. The summed E-state index contributed by atoms with van der Waals surface area (Å²) in [4.78, 5) is 0. The summed E-state index contributed by atoms with van der Waals surface area (Å²) in [7, 11) is 0. The molecule has 0 spiro atoms. The minimum Gasteiger partial charge on any atom is -0.388 e. The fraction of sp³-hybridized carbons (Fsp3) is 0.636. The first-order valence-electron chi connectivity index (χ1n) is 4.82. The Morgan fingerprint density at radius 2 is 2.00 bits per heavy atom. The second kappa shape index (κ2) is 4.77. The first-order chi connectivity index (χ1) is 6.11. The number of rotatable bonds is 4. The van der Waals surface area contributed by atoms with E-state index in [1.807, 2.05) is 0 Å². The molecular weight excluding hydrogens is 180 g/mol. The molecule has 1 aromatic rings. The summed E-state index contributed by atoms with van der Waals surface area (Å²) >= 11 is 1.67. The Morgan fingerprint density at radius 3 is 2.46 bits per heavy atom. The van der Waals surface area contributed by atoms with Crippen LogP contribution in [0.25, 0.3) is 0 Å². The Hall–Kier alpha value is -0.340. The van der Waals surface area contributed by atoms with E-state index in [2.05, 4.69) is 31.5 Å². The highest BCUT2D eigenvalue weighted by atomic mass is 32.1. The van der Waals surface area contributed by atoms with Crippen molar-refractivity contribution in [1.82, 2.24) is 0 Å². The second-order valence-corrected chi connectivity index (χ2v) is 4.74. The molecule has 0 bridgehead atoms. The highest BCUT2D eigenvalue weighted by Crippen LogP contribution is 2.26. The van der Waals surface area contributed by atoms with E-state index < -0.39 is 0 Å². The van der Waals surface area contributed by atoms with Gasteiger partial charge in [0.2, 0.25) is 0 Å². The lowest BCUT2D eigenvalue weighted by molar-refractivity contribution is 0.159. The van der Waals surface area contributed by atoms with Crippen LogP contribution in [0.4, 0.5) is 0 Å². The standard InChI is InChI=1S/C11H18OS/c1-8(2)4-5-11(12)10-7-13-6-9(10)3/h6-8,11-12H,4-5H2,1-3H3. The molecule has 1 unspecified atom stereocenters. The van der Waals surface area contributed by atoms with Gasteiger partial charge in [0.15, 0.2) is 0 Å². The van der Waals surface area contributed by atoms with E-state index in [1.54, 1.807) is 11.3 Å². The normalized spacial score (nSPS) is 13.6. The molecule has 2 heteroatoms. The van der Waals surface area contributed by atoms with E-state index in [1.165, 1.54) is 5.56 Å². The quantitative estimate of drug-likeness (QED) is 0.784. The summed E-state index contributed by atoms with van der Waals surface area (Å²) in [6.07, 6.45) is 1.72. The summed E-state index contributed by atoms with van der Waals surface area (Å²) < 4.78 is 0. The highest BCUT2D eigenvalue weighted by molar-refractivity contribution is 7.08. The van der Waals surface area contributed by atoms with Crippen LogP contribution >= 0.6 is 11.3 Å². The van der Waals surface area contributed by atoms with Gasteiger partial charge >= 0.3 is 0 Å². The van der Waals surface area contributed by atoms with Crippen molar-refractivity contribution in [3.05, 3.63) is 21.9 Å². The fourth-order valence-corrected chi connectivity index (χ4v) is 2.26. The Morgan fingerprint density at radius 1 is 1.31 bits per heavy atom. The van der Waals surface area contributed by atoms with E-state index in [-0.39, 0.29) is 6.10 Å². The molecule has 1 N–H and O–H groups in total. The van der Waals surface area contributed by atoms with Crippen LogP contribution in [0.3, 0.4) is 0 Å². The van der Waals surface area contributed by atoms with Crippen LogP contribution in [0.1, 0.15) is 43.9 Å². The molecule has 0 aliphatic heterocycles. The summed E-state index contributed by atoms with van der Waals surface area (Å²) in [5, 5.41) is 14.0. The lowest BCUT2D eigenvalue weighted by Gasteiger charge is -2.11. The Balaban J connectivity index is 2.49. The Labute approximate surface area is 84.4 Å². The van der Waals surface area contributed by atoms with Crippen molar-refractivity contribution >= 4 is 11.3 Å². The minimum absolute atomic E-state index is 0.256. The molecule has 0 saturated carbocycles. The maximum Gasteiger partial charge on any atom is 0.0800 e. The summed E-state index contributed by atoms with van der Waals surface area (Å²) in [5.41, 5.74) is 2.34. The molecule has 0 aliphatic carbocycles. The van der Waals surface area contributed by atoms with Gasteiger partial charge in [-0.05, 0) is 47.6 Å². The molecule has 1 atom stereocenters. The molecule has 0 amide bonds. The van der Waals surface area contributed by atoms with Crippen LogP contribution < -0.4 is 0 Å². The average Bonchev–Trinajstić information content (AvgIpc) is 2.47. The largest absolute Gasteiger partial charge is 0.388 e. The number of aliphatic hydroxyl groups excluding tert-OH is 1. The lowest BCUT2D eigenvalue weighted by Crippen LogP contribution is -1.99. The fourth-order valence-electron chi connectivity index (χ4n) is 1.36. The van der Waals surface area contributed by atoms with E-state index in [0.717, 1.165) is 18.4 Å². The monoisotopic (exact) mass is 198 g/mol. The predicted octanol–water partition coefficient (Wildman–Crippen LogP) is 3.53. The smallest absolute Gasteiger partial charge is 0.0800 e. The van der Waals surface area contributed by atoms with E-state index in [9.17, 15) is 5.11 Å². The molecule has 0 saturated heterocycles. The van der Waals surface area contributed by atoms with Crippen LogP contribution in [-0.4, -0.2) is 5.11 Å². The van der Waals surface area contributed by atoms with Gasteiger partial charge in [-0.3, -0.25) is 0 Å². The van der Waals surface area contributed by atoms with Crippen LogP contribution in [0, 0.1) is 12.8 Å². The second-order valence-electron chi connectivity index (χ2n) is 4.00. The van der Waals surface area contributed by atoms with Crippen LogP contribution in [-0.2, 0) is 0 Å². The number of aliphatic hydroxyl groups is 1. The third-order valence-corrected chi connectivity index (χ3v) is 3.15. The van der Waals surface area contributed by atoms with Gasteiger partial charge in [0.1, 0.15) is 0 Å². The summed E-state index contributed by atoms with van der Waals surface area (Å²) in [6.45, 7) is 6.44. The molecule has 1 aromatic heterocycles. The molecule has 74 valence electrons. The van der Waals surface area contributed by atoms with Crippen molar-refractivity contribution in [3.63, 3.8) is 0 Å². The number of hydrogen-bond donors (Lipinski definition) is 1. The van der Waals surface area contributed by atoms with Crippen LogP contribution in [0.2, 0.25) is 0 Å². The molecule has 13 heavy (non-hydrogen) atoms. The van der Waals surface area contributed by atoms with Crippen molar-refractivity contribution in [2.75, 3.05) is 0 Å². The van der Waals surface area contributed by atoms with Crippen LogP contribution in [0.15, 0.2) is 10.8 Å². The summed E-state index contributed by atoms with van der Waals surface area (Å²) in [6, 6.07) is 0. The van der Waals surface area contributed by atoms with Gasteiger partial charge in [0.25, 0.3) is 0 Å². The van der Waals surface area contributed by atoms with Gasteiger partial charge in [-0.25, -0.2) is 0 Å². The Bertz CT molecular complexity index is 252. The number of thiophene rings is 1. The highest BCUT2D eigenvalue weighted by Gasteiger charge is 2.11. The van der Waals surface area contributed by atoms with Crippen molar-refractivity contribution in [3.8, 4) is 0 Å². The van der Waals surface area contributed by atoms with Gasteiger partial charge in [-0.2, -0.15) is 11.3 Å². The third kappa shape index (κ3) is 3.12. The molecular formula is C11H18OS.